The fourth-order valence-corrected chi connectivity index (χ4v) is 2.66. The van der Waals surface area contributed by atoms with Crippen LogP contribution in [-0.2, 0) is 0 Å². The Balaban J connectivity index is 1.91. The van der Waals surface area contributed by atoms with Crippen molar-refractivity contribution in [1.29, 1.82) is 0 Å². The molecule has 2 aromatic rings. The highest BCUT2D eigenvalue weighted by Crippen LogP contribution is 2.23. The third-order valence-electron chi connectivity index (χ3n) is 3.36. The molecule has 1 aromatic heterocycles. The van der Waals surface area contributed by atoms with E-state index in [0.29, 0.717) is 11.5 Å². The fourth-order valence-electron chi connectivity index (χ4n) is 2.07. The van der Waals surface area contributed by atoms with Gasteiger partial charge in [0.05, 0.1) is 5.69 Å². The van der Waals surface area contributed by atoms with Crippen molar-refractivity contribution in [3.8, 4) is 0 Å². The molecule has 2 rings (SSSR count). The summed E-state index contributed by atoms with van der Waals surface area (Å²) in [6.45, 7) is 3.81. The van der Waals surface area contributed by atoms with Crippen molar-refractivity contribution < 1.29 is 4.79 Å². The topological polar surface area (TPSA) is 70.2 Å². The fraction of sp³-hybridized carbons (Fsp3) is 0.353. The van der Waals surface area contributed by atoms with Gasteiger partial charge in [0.2, 0.25) is 0 Å². The molecule has 2 N–H and O–H groups in total. The minimum Gasteiger partial charge on any atom is -0.369 e. The highest BCUT2D eigenvalue weighted by atomic mass is 79.9. The predicted octanol–water partition coefficient (Wildman–Crippen LogP) is 3.16. The quantitative estimate of drug-likeness (QED) is 0.709. The minimum atomic E-state index is -0.286. The van der Waals surface area contributed by atoms with Gasteiger partial charge in [-0.2, -0.15) is 0 Å². The molecule has 0 aliphatic rings. The number of carbonyl (C=O) groups excluding carboxylic acids is 1. The van der Waals surface area contributed by atoms with Gasteiger partial charge in [-0.3, -0.25) is 4.79 Å². The monoisotopic (exact) mass is 391 g/mol. The average Bonchev–Trinajstić information content (AvgIpc) is 2.54. The van der Waals surface area contributed by atoms with Gasteiger partial charge in [-0.25, -0.2) is 0 Å². The Bertz CT molecular complexity index is 688. The number of aryl methyl sites for hydroxylation is 1. The van der Waals surface area contributed by atoms with Crippen molar-refractivity contribution in [2.24, 2.45) is 0 Å². The van der Waals surface area contributed by atoms with E-state index in [4.69, 9.17) is 0 Å². The summed E-state index contributed by atoms with van der Waals surface area (Å²) in [5.74, 6) is 0.382. The van der Waals surface area contributed by atoms with Crippen LogP contribution in [0.1, 0.15) is 22.5 Å². The van der Waals surface area contributed by atoms with E-state index in [9.17, 15) is 4.79 Å². The molecule has 0 saturated heterocycles. The van der Waals surface area contributed by atoms with Crippen molar-refractivity contribution in [3.05, 3.63) is 46.1 Å². The standard InChI is InChI=1S/C17H22BrN5O/c1-12-5-6-14(13(18)11-12)20-17(24)15-7-8-16(22-21-15)19-9-4-10-23(2)3/h5-8,11H,4,9-10H2,1-3H3,(H,19,22)(H,20,24). The number of carbonyl (C=O) groups is 1. The summed E-state index contributed by atoms with van der Waals surface area (Å²) >= 11 is 3.44. The summed E-state index contributed by atoms with van der Waals surface area (Å²) in [7, 11) is 4.08. The number of hydrogen-bond donors (Lipinski definition) is 2. The van der Waals surface area contributed by atoms with Gasteiger partial charge in [-0.05, 0) is 79.7 Å². The lowest BCUT2D eigenvalue weighted by atomic mass is 10.2. The molecule has 0 atom stereocenters. The highest BCUT2D eigenvalue weighted by molar-refractivity contribution is 9.10. The largest absolute Gasteiger partial charge is 0.369 e. The summed E-state index contributed by atoms with van der Waals surface area (Å²) in [4.78, 5) is 14.4. The van der Waals surface area contributed by atoms with Crippen LogP contribution < -0.4 is 10.6 Å². The molecule has 0 aliphatic heterocycles. The van der Waals surface area contributed by atoms with Crippen LogP contribution in [0, 0.1) is 6.92 Å². The zero-order chi connectivity index (χ0) is 17.5. The number of anilines is 2. The maximum Gasteiger partial charge on any atom is 0.276 e. The van der Waals surface area contributed by atoms with E-state index in [-0.39, 0.29) is 11.6 Å². The van der Waals surface area contributed by atoms with Crippen LogP contribution in [0.15, 0.2) is 34.8 Å². The Morgan fingerprint density at radius 2 is 2.00 bits per heavy atom. The SMILES string of the molecule is Cc1ccc(NC(=O)c2ccc(NCCCN(C)C)nn2)c(Br)c1. The first kappa shape index (κ1) is 18.4. The van der Waals surface area contributed by atoms with Gasteiger partial charge in [-0.1, -0.05) is 6.07 Å². The molecular weight excluding hydrogens is 370 g/mol. The number of halogens is 1. The molecule has 1 amide bonds. The van der Waals surface area contributed by atoms with Gasteiger partial charge in [0, 0.05) is 11.0 Å². The van der Waals surface area contributed by atoms with E-state index in [1.165, 1.54) is 0 Å². The Kier molecular flexibility index (Phi) is 6.69. The van der Waals surface area contributed by atoms with Crippen LogP contribution >= 0.6 is 15.9 Å². The summed E-state index contributed by atoms with van der Waals surface area (Å²) < 4.78 is 0.836. The third kappa shape index (κ3) is 5.58. The molecule has 0 saturated carbocycles. The number of nitrogens with zero attached hydrogens (tertiary/aromatic N) is 3. The van der Waals surface area contributed by atoms with Gasteiger partial charge < -0.3 is 15.5 Å². The van der Waals surface area contributed by atoms with Crippen molar-refractivity contribution >= 4 is 33.3 Å². The van der Waals surface area contributed by atoms with Gasteiger partial charge in [-0.15, -0.1) is 10.2 Å². The van der Waals surface area contributed by atoms with Crippen LogP contribution in [0.2, 0.25) is 0 Å². The lowest BCUT2D eigenvalue weighted by Gasteiger charge is -2.10. The van der Waals surface area contributed by atoms with Crippen molar-refractivity contribution in [1.82, 2.24) is 15.1 Å². The molecule has 1 aromatic carbocycles. The summed E-state index contributed by atoms with van der Waals surface area (Å²) in [5.41, 5.74) is 2.10. The zero-order valence-electron chi connectivity index (χ0n) is 14.1. The first-order valence-electron chi connectivity index (χ1n) is 7.75. The van der Waals surface area contributed by atoms with Gasteiger partial charge >= 0.3 is 0 Å². The molecule has 0 fully saturated rings. The van der Waals surface area contributed by atoms with E-state index >= 15 is 0 Å². The molecule has 0 spiro atoms. The van der Waals surface area contributed by atoms with Crippen molar-refractivity contribution in [3.63, 3.8) is 0 Å². The summed E-state index contributed by atoms with van der Waals surface area (Å²) in [5, 5.41) is 14.0. The summed E-state index contributed by atoms with van der Waals surface area (Å²) in [6, 6.07) is 9.17. The average molecular weight is 392 g/mol. The molecule has 7 heteroatoms. The second-order valence-corrected chi connectivity index (χ2v) is 6.68. The van der Waals surface area contributed by atoms with E-state index < -0.39 is 0 Å². The van der Waals surface area contributed by atoms with Crippen LogP contribution in [0.3, 0.4) is 0 Å². The number of rotatable bonds is 7. The van der Waals surface area contributed by atoms with Gasteiger partial charge in [0.1, 0.15) is 5.82 Å². The molecule has 0 aliphatic carbocycles. The highest BCUT2D eigenvalue weighted by Gasteiger charge is 2.10. The molecule has 0 radical (unpaired) electrons. The first-order valence-corrected chi connectivity index (χ1v) is 8.55. The number of hydrogen-bond acceptors (Lipinski definition) is 5. The van der Waals surface area contributed by atoms with E-state index in [1.54, 1.807) is 12.1 Å². The maximum atomic E-state index is 12.2. The van der Waals surface area contributed by atoms with Crippen LogP contribution in [0.25, 0.3) is 0 Å². The second-order valence-electron chi connectivity index (χ2n) is 5.82. The lowest BCUT2D eigenvalue weighted by molar-refractivity contribution is 0.102. The Morgan fingerprint density at radius 1 is 1.21 bits per heavy atom. The predicted molar refractivity (Wildman–Crippen MR) is 101 cm³/mol. The van der Waals surface area contributed by atoms with E-state index in [1.807, 2.05) is 39.2 Å². The third-order valence-corrected chi connectivity index (χ3v) is 4.01. The first-order chi connectivity index (χ1) is 11.5. The minimum absolute atomic E-state index is 0.279. The van der Waals surface area contributed by atoms with Crippen LogP contribution in [-0.4, -0.2) is 48.2 Å². The van der Waals surface area contributed by atoms with E-state index in [2.05, 4.69) is 41.7 Å². The van der Waals surface area contributed by atoms with Gasteiger partial charge in [0.25, 0.3) is 5.91 Å². The van der Waals surface area contributed by atoms with Crippen LogP contribution in [0.4, 0.5) is 11.5 Å². The molecule has 1 heterocycles. The molecule has 6 nitrogen and oxygen atoms in total. The Labute approximate surface area is 150 Å². The lowest BCUT2D eigenvalue weighted by Crippen LogP contribution is -2.17. The normalized spacial score (nSPS) is 10.7. The second kappa shape index (κ2) is 8.75. The molecule has 0 bridgehead atoms. The molecule has 24 heavy (non-hydrogen) atoms. The smallest absolute Gasteiger partial charge is 0.276 e. The molecular formula is C17H22BrN5O. The van der Waals surface area contributed by atoms with E-state index in [0.717, 1.165) is 29.5 Å². The zero-order valence-corrected chi connectivity index (χ0v) is 15.7. The number of amides is 1. The Hall–Kier alpha value is -1.99. The Morgan fingerprint density at radius 3 is 2.62 bits per heavy atom. The molecule has 0 unspecified atom stereocenters. The summed E-state index contributed by atoms with van der Waals surface area (Å²) in [6.07, 6.45) is 1.01. The number of aromatic nitrogens is 2. The van der Waals surface area contributed by atoms with Crippen molar-refractivity contribution in [2.45, 2.75) is 13.3 Å². The van der Waals surface area contributed by atoms with Gasteiger partial charge in [0.15, 0.2) is 5.69 Å². The maximum absolute atomic E-state index is 12.2. The van der Waals surface area contributed by atoms with Crippen molar-refractivity contribution in [2.75, 3.05) is 37.8 Å². The number of benzene rings is 1. The van der Waals surface area contributed by atoms with Crippen LogP contribution in [0.5, 0.6) is 0 Å². The molecule has 128 valence electrons. The number of nitrogens with one attached hydrogen (secondary N) is 2.